The quantitative estimate of drug-likeness (QED) is 0.925. The number of carbonyl (C=O) groups is 2. The third-order valence-corrected chi connectivity index (χ3v) is 4.25. The predicted octanol–water partition coefficient (Wildman–Crippen LogP) is 3.52. The van der Waals surface area contributed by atoms with Crippen molar-refractivity contribution in [3.05, 3.63) is 53.3 Å². The Labute approximate surface area is 145 Å². The predicted molar refractivity (Wildman–Crippen MR) is 93.7 cm³/mol. The van der Waals surface area contributed by atoms with Crippen LogP contribution in [0.3, 0.4) is 0 Å². The lowest BCUT2D eigenvalue weighted by Crippen LogP contribution is -2.24. The lowest BCUT2D eigenvalue weighted by atomic mass is 10.1. The molecule has 0 radical (unpaired) electrons. The average Bonchev–Trinajstić information content (AvgIpc) is 3.02. The van der Waals surface area contributed by atoms with Gasteiger partial charge in [0.15, 0.2) is 11.6 Å². The van der Waals surface area contributed by atoms with Crippen molar-refractivity contribution in [3.63, 3.8) is 0 Å². The fourth-order valence-corrected chi connectivity index (χ4v) is 2.89. The molecule has 0 saturated carbocycles. The summed E-state index contributed by atoms with van der Waals surface area (Å²) in [5, 5.41) is 2.74. The molecule has 2 aromatic carbocycles. The number of ether oxygens (including phenoxy) is 1. The van der Waals surface area contributed by atoms with Gasteiger partial charge in [-0.25, -0.2) is 4.39 Å². The molecular formula is C19H19FN2O3. The SMILES string of the molecule is COc1ccc(C(=O)Nc2ccc(C)c(N3CCCC3=O)c2)cc1F. The highest BCUT2D eigenvalue weighted by molar-refractivity contribution is 6.05. The van der Waals surface area contributed by atoms with Crippen LogP contribution in [0.5, 0.6) is 5.75 Å². The van der Waals surface area contributed by atoms with Crippen molar-refractivity contribution >= 4 is 23.2 Å². The van der Waals surface area contributed by atoms with Crippen LogP contribution in [0.1, 0.15) is 28.8 Å². The molecule has 0 atom stereocenters. The zero-order valence-electron chi connectivity index (χ0n) is 14.1. The zero-order valence-corrected chi connectivity index (χ0v) is 14.1. The van der Waals surface area contributed by atoms with Crippen LogP contribution in [0.25, 0.3) is 0 Å². The highest BCUT2D eigenvalue weighted by Gasteiger charge is 2.23. The lowest BCUT2D eigenvalue weighted by Gasteiger charge is -2.19. The van der Waals surface area contributed by atoms with Crippen LogP contribution >= 0.6 is 0 Å². The van der Waals surface area contributed by atoms with Gasteiger partial charge >= 0.3 is 0 Å². The molecule has 1 N–H and O–H groups in total. The van der Waals surface area contributed by atoms with Gasteiger partial charge in [-0.2, -0.15) is 0 Å². The van der Waals surface area contributed by atoms with Gasteiger partial charge in [0.25, 0.3) is 5.91 Å². The third-order valence-electron chi connectivity index (χ3n) is 4.25. The second kappa shape index (κ2) is 6.93. The smallest absolute Gasteiger partial charge is 0.255 e. The molecule has 5 nitrogen and oxygen atoms in total. The third kappa shape index (κ3) is 3.47. The number of halogens is 1. The second-order valence-corrected chi connectivity index (χ2v) is 5.95. The highest BCUT2D eigenvalue weighted by Crippen LogP contribution is 2.28. The zero-order chi connectivity index (χ0) is 18.0. The van der Waals surface area contributed by atoms with Crippen molar-refractivity contribution in [2.45, 2.75) is 19.8 Å². The number of nitrogens with zero attached hydrogens (tertiary/aromatic N) is 1. The monoisotopic (exact) mass is 342 g/mol. The van der Waals surface area contributed by atoms with E-state index in [0.717, 1.165) is 23.7 Å². The van der Waals surface area contributed by atoms with Crippen LogP contribution in [0.15, 0.2) is 36.4 Å². The molecule has 1 aliphatic heterocycles. The fourth-order valence-electron chi connectivity index (χ4n) is 2.89. The van der Waals surface area contributed by atoms with E-state index < -0.39 is 11.7 Å². The van der Waals surface area contributed by atoms with E-state index in [4.69, 9.17) is 4.74 Å². The van der Waals surface area contributed by atoms with Crippen LogP contribution < -0.4 is 15.0 Å². The number of carbonyl (C=O) groups excluding carboxylic acids is 2. The van der Waals surface area contributed by atoms with E-state index in [2.05, 4.69) is 5.32 Å². The van der Waals surface area contributed by atoms with Gasteiger partial charge in [0, 0.05) is 29.9 Å². The number of hydrogen-bond donors (Lipinski definition) is 1. The topological polar surface area (TPSA) is 58.6 Å². The standard InChI is InChI=1S/C19H19FN2O3/c1-12-5-7-14(11-16(12)22-9-3-4-18(22)23)21-19(24)13-6-8-17(25-2)15(20)10-13/h5-8,10-11H,3-4,9H2,1-2H3,(H,21,24). The molecule has 1 aliphatic rings. The van der Waals surface area contributed by atoms with E-state index in [0.29, 0.717) is 18.7 Å². The minimum Gasteiger partial charge on any atom is -0.494 e. The molecule has 25 heavy (non-hydrogen) atoms. The number of aryl methyl sites for hydroxylation is 1. The molecule has 2 amide bonds. The summed E-state index contributed by atoms with van der Waals surface area (Å²) in [6.07, 6.45) is 1.38. The van der Waals surface area contributed by atoms with E-state index in [-0.39, 0.29) is 17.2 Å². The van der Waals surface area contributed by atoms with Gasteiger partial charge in [0.05, 0.1) is 7.11 Å². The highest BCUT2D eigenvalue weighted by atomic mass is 19.1. The van der Waals surface area contributed by atoms with Crippen molar-refractivity contribution in [3.8, 4) is 5.75 Å². The van der Waals surface area contributed by atoms with Crippen molar-refractivity contribution in [1.29, 1.82) is 0 Å². The second-order valence-electron chi connectivity index (χ2n) is 5.95. The summed E-state index contributed by atoms with van der Waals surface area (Å²) in [6, 6.07) is 9.43. The van der Waals surface area contributed by atoms with Crippen molar-refractivity contribution < 1.29 is 18.7 Å². The Bertz CT molecular complexity index is 835. The first kappa shape index (κ1) is 17.0. The van der Waals surface area contributed by atoms with Gasteiger partial charge in [-0.1, -0.05) is 6.07 Å². The molecule has 1 heterocycles. The Morgan fingerprint density at radius 3 is 2.68 bits per heavy atom. The Morgan fingerprint density at radius 2 is 2.04 bits per heavy atom. The molecule has 3 rings (SSSR count). The number of benzene rings is 2. The maximum Gasteiger partial charge on any atom is 0.255 e. The van der Waals surface area contributed by atoms with Crippen LogP contribution in [0.4, 0.5) is 15.8 Å². The maximum atomic E-state index is 13.8. The number of nitrogens with one attached hydrogen (secondary N) is 1. The summed E-state index contributed by atoms with van der Waals surface area (Å²) < 4.78 is 18.6. The molecule has 0 bridgehead atoms. The summed E-state index contributed by atoms with van der Waals surface area (Å²) >= 11 is 0. The Morgan fingerprint density at radius 1 is 1.24 bits per heavy atom. The molecule has 0 spiro atoms. The van der Waals surface area contributed by atoms with Crippen LogP contribution in [0.2, 0.25) is 0 Å². The molecule has 6 heteroatoms. The van der Waals surface area contributed by atoms with E-state index in [1.165, 1.54) is 19.2 Å². The van der Waals surface area contributed by atoms with E-state index >= 15 is 0 Å². The molecular weight excluding hydrogens is 323 g/mol. The number of hydrogen-bond acceptors (Lipinski definition) is 3. The molecule has 130 valence electrons. The van der Waals surface area contributed by atoms with Crippen LogP contribution in [-0.2, 0) is 4.79 Å². The molecule has 0 aromatic heterocycles. The summed E-state index contributed by atoms with van der Waals surface area (Å²) in [5.41, 5.74) is 2.50. The number of anilines is 2. The number of rotatable bonds is 4. The summed E-state index contributed by atoms with van der Waals surface area (Å²) in [6.45, 7) is 2.60. The molecule has 1 saturated heterocycles. The lowest BCUT2D eigenvalue weighted by molar-refractivity contribution is -0.117. The van der Waals surface area contributed by atoms with Gasteiger partial charge in [-0.3, -0.25) is 9.59 Å². The normalized spacial score (nSPS) is 13.9. The Balaban J connectivity index is 1.82. The Kier molecular flexibility index (Phi) is 4.70. The van der Waals surface area contributed by atoms with E-state index in [1.54, 1.807) is 17.0 Å². The largest absolute Gasteiger partial charge is 0.494 e. The average molecular weight is 342 g/mol. The van der Waals surface area contributed by atoms with Crippen molar-refractivity contribution in [1.82, 2.24) is 0 Å². The first-order valence-corrected chi connectivity index (χ1v) is 8.05. The van der Waals surface area contributed by atoms with Crippen molar-refractivity contribution in [2.75, 3.05) is 23.9 Å². The molecule has 0 unspecified atom stereocenters. The van der Waals surface area contributed by atoms with Crippen LogP contribution in [0, 0.1) is 12.7 Å². The van der Waals surface area contributed by atoms with Gasteiger partial charge in [0.2, 0.25) is 5.91 Å². The molecule has 0 aliphatic carbocycles. The molecule has 2 aromatic rings. The van der Waals surface area contributed by atoms with Gasteiger partial charge < -0.3 is 15.0 Å². The molecule has 1 fully saturated rings. The number of amides is 2. The van der Waals surface area contributed by atoms with Crippen LogP contribution in [-0.4, -0.2) is 25.5 Å². The maximum absolute atomic E-state index is 13.8. The van der Waals surface area contributed by atoms with Crippen molar-refractivity contribution in [2.24, 2.45) is 0 Å². The fraction of sp³-hybridized carbons (Fsp3) is 0.263. The van der Waals surface area contributed by atoms with Gasteiger partial charge in [-0.15, -0.1) is 0 Å². The summed E-state index contributed by atoms with van der Waals surface area (Å²) in [4.78, 5) is 26.0. The first-order valence-electron chi connectivity index (χ1n) is 8.05. The van der Waals surface area contributed by atoms with Gasteiger partial charge in [-0.05, 0) is 49.2 Å². The summed E-state index contributed by atoms with van der Waals surface area (Å²) in [7, 11) is 1.37. The van der Waals surface area contributed by atoms with Gasteiger partial charge in [0.1, 0.15) is 0 Å². The van der Waals surface area contributed by atoms with E-state index in [1.807, 2.05) is 13.0 Å². The Hall–Kier alpha value is -2.89. The minimum absolute atomic E-state index is 0.0849. The van der Waals surface area contributed by atoms with E-state index in [9.17, 15) is 14.0 Å². The first-order chi connectivity index (χ1) is 12.0. The minimum atomic E-state index is -0.595. The summed E-state index contributed by atoms with van der Waals surface area (Å²) in [5.74, 6) is -0.850. The number of methoxy groups -OCH3 is 1.